The highest BCUT2D eigenvalue weighted by Crippen LogP contribution is 2.19. The Labute approximate surface area is 120 Å². The first-order valence-corrected chi connectivity index (χ1v) is 6.33. The number of anilines is 1. The molecule has 1 aromatic carbocycles. The van der Waals surface area contributed by atoms with E-state index < -0.39 is 11.8 Å². The number of ether oxygens (including phenoxy) is 1. The third-order valence-electron chi connectivity index (χ3n) is 2.62. The minimum Gasteiger partial charge on any atom is -0.461 e. The largest absolute Gasteiger partial charge is 0.461 e. The average molecular weight is 298 g/mol. The summed E-state index contributed by atoms with van der Waals surface area (Å²) in [4.78, 5) is 11.6. The highest BCUT2D eigenvalue weighted by molar-refractivity contribution is 6.30. The standard InChI is InChI=1S/C13H13ClFN3O2/c1-2-20-13(19)12-10(16)7-18(17-12)6-8-4-3-5-9(14)11(8)15/h3-5,7H,2,6,16H2,1H3. The number of nitrogens with zero attached hydrogens (tertiary/aromatic N) is 2. The van der Waals surface area contributed by atoms with Crippen LogP contribution in [0.4, 0.5) is 10.1 Å². The lowest BCUT2D eigenvalue weighted by atomic mass is 10.2. The van der Waals surface area contributed by atoms with Crippen LogP contribution in [0, 0.1) is 5.82 Å². The maximum atomic E-state index is 13.8. The summed E-state index contributed by atoms with van der Waals surface area (Å²) in [7, 11) is 0. The van der Waals surface area contributed by atoms with Crippen LogP contribution in [0.25, 0.3) is 0 Å². The molecule has 2 aromatic rings. The molecule has 20 heavy (non-hydrogen) atoms. The Morgan fingerprint density at radius 3 is 3.00 bits per heavy atom. The van der Waals surface area contributed by atoms with E-state index >= 15 is 0 Å². The highest BCUT2D eigenvalue weighted by Gasteiger charge is 2.16. The van der Waals surface area contributed by atoms with Crippen molar-refractivity contribution >= 4 is 23.3 Å². The molecule has 0 fully saturated rings. The fourth-order valence-corrected chi connectivity index (χ4v) is 1.92. The van der Waals surface area contributed by atoms with Gasteiger partial charge in [-0.05, 0) is 13.0 Å². The number of nitrogen functional groups attached to an aromatic ring is 1. The molecule has 0 aliphatic rings. The van der Waals surface area contributed by atoms with E-state index in [0.29, 0.717) is 5.56 Å². The summed E-state index contributed by atoms with van der Waals surface area (Å²) in [6, 6.07) is 4.69. The van der Waals surface area contributed by atoms with Crippen LogP contribution < -0.4 is 5.73 Å². The Balaban J connectivity index is 2.25. The number of carbonyl (C=O) groups is 1. The second-order valence-electron chi connectivity index (χ2n) is 4.06. The molecule has 7 heteroatoms. The molecule has 0 aliphatic heterocycles. The molecule has 1 heterocycles. The predicted molar refractivity (Wildman–Crippen MR) is 73.1 cm³/mol. The van der Waals surface area contributed by atoms with Crippen LogP contribution >= 0.6 is 11.6 Å². The van der Waals surface area contributed by atoms with E-state index in [2.05, 4.69) is 5.10 Å². The second-order valence-corrected chi connectivity index (χ2v) is 4.47. The monoisotopic (exact) mass is 297 g/mol. The molecule has 0 atom stereocenters. The van der Waals surface area contributed by atoms with E-state index in [9.17, 15) is 9.18 Å². The van der Waals surface area contributed by atoms with Crippen molar-refractivity contribution in [3.05, 3.63) is 46.5 Å². The van der Waals surface area contributed by atoms with Crippen LogP contribution in [0.3, 0.4) is 0 Å². The van der Waals surface area contributed by atoms with E-state index in [1.165, 1.54) is 16.9 Å². The van der Waals surface area contributed by atoms with Crippen molar-refractivity contribution in [3.8, 4) is 0 Å². The summed E-state index contributed by atoms with van der Waals surface area (Å²) in [5, 5.41) is 4.04. The van der Waals surface area contributed by atoms with E-state index in [1.807, 2.05) is 0 Å². The first-order valence-electron chi connectivity index (χ1n) is 5.95. The zero-order valence-electron chi connectivity index (χ0n) is 10.8. The van der Waals surface area contributed by atoms with E-state index in [-0.39, 0.29) is 29.6 Å². The maximum absolute atomic E-state index is 13.8. The number of carbonyl (C=O) groups excluding carboxylic acids is 1. The van der Waals surface area contributed by atoms with Gasteiger partial charge in [-0.1, -0.05) is 23.7 Å². The molecule has 1 aromatic heterocycles. The number of benzene rings is 1. The molecule has 0 bridgehead atoms. The third kappa shape index (κ3) is 2.91. The minimum absolute atomic E-state index is 0.0225. The molecule has 0 spiro atoms. The number of nitrogens with two attached hydrogens (primary N) is 1. The number of halogens is 2. The Hall–Kier alpha value is -2.08. The van der Waals surface area contributed by atoms with Crippen LogP contribution in [0.1, 0.15) is 23.0 Å². The Bertz CT molecular complexity index is 643. The van der Waals surface area contributed by atoms with Crippen LogP contribution in [0.15, 0.2) is 24.4 Å². The number of hydrogen-bond acceptors (Lipinski definition) is 4. The van der Waals surface area contributed by atoms with Crippen molar-refractivity contribution in [2.45, 2.75) is 13.5 Å². The maximum Gasteiger partial charge on any atom is 0.361 e. The number of aromatic nitrogens is 2. The van der Waals surface area contributed by atoms with Crippen LogP contribution in [-0.4, -0.2) is 22.4 Å². The molecule has 0 radical (unpaired) electrons. The summed E-state index contributed by atoms with van der Waals surface area (Å²) < 4.78 is 20.0. The van der Waals surface area contributed by atoms with Gasteiger partial charge in [-0.25, -0.2) is 9.18 Å². The topological polar surface area (TPSA) is 70.1 Å². The summed E-state index contributed by atoms with van der Waals surface area (Å²) >= 11 is 5.70. The molecule has 0 aliphatic carbocycles. The molecule has 2 rings (SSSR count). The lowest BCUT2D eigenvalue weighted by Gasteiger charge is -2.04. The lowest BCUT2D eigenvalue weighted by Crippen LogP contribution is -2.09. The Morgan fingerprint density at radius 2 is 2.30 bits per heavy atom. The van der Waals surface area contributed by atoms with Gasteiger partial charge in [0.1, 0.15) is 5.82 Å². The van der Waals surface area contributed by atoms with Crippen molar-refractivity contribution in [1.29, 1.82) is 0 Å². The van der Waals surface area contributed by atoms with Gasteiger partial charge in [-0.3, -0.25) is 4.68 Å². The lowest BCUT2D eigenvalue weighted by molar-refractivity contribution is 0.0519. The van der Waals surface area contributed by atoms with Gasteiger partial charge in [0.25, 0.3) is 0 Å². The molecule has 5 nitrogen and oxygen atoms in total. The smallest absolute Gasteiger partial charge is 0.361 e. The SMILES string of the molecule is CCOC(=O)c1nn(Cc2cccc(Cl)c2F)cc1N. The van der Waals surface area contributed by atoms with Crippen LogP contribution in [-0.2, 0) is 11.3 Å². The van der Waals surface area contributed by atoms with Gasteiger partial charge in [0.15, 0.2) is 5.69 Å². The van der Waals surface area contributed by atoms with Gasteiger partial charge < -0.3 is 10.5 Å². The van der Waals surface area contributed by atoms with E-state index in [0.717, 1.165) is 0 Å². The first kappa shape index (κ1) is 14.3. The van der Waals surface area contributed by atoms with E-state index in [1.54, 1.807) is 19.1 Å². The summed E-state index contributed by atoms with van der Waals surface area (Å²) in [6.45, 7) is 2.04. The quantitative estimate of drug-likeness (QED) is 0.880. The summed E-state index contributed by atoms with van der Waals surface area (Å²) in [5.41, 5.74) is 6.26. The van der Waals surface area contributed by atoms with Gasteiger partial charge >= 0.3 is 5.97 Å². The Kier molecular flexibility index (Phi) is 4.24. The Morgan fingerprint density at radius 1 is 1.55 bits per heavy atom. The molecule has 106 valence electrons. The summed E-state index contributed by atoms with van der Waals surface area (Å²) in [5.74, 6) is -1.11. The zero-order chi connectivity index (χ0) is 14.7. The van der Waals surface area contributed by atoms with Gasteiger partial charge in [-0.2, -0.15) is 5.10 Å². The zero-order valence-corrected chi connectivity index (χ0v) is 11.5. The highest BCUT2D eigenvalue weighted by atomic mass is 35.5. The number of hydrogen-bond donors (Lipinski definition) is 1. The second kappa shape index (κ2) is 5.92. The molecule has 2 N–H and O–H groups in total. The minimum atomic E-state index is -0.602. The average Bonchev–Trinajstić information content (AvgIpc) is 2.76. The molecular formula is C13H13ClFN3O2. The van der Waals surface area contributed by atoms with Crippen molar-refractivity contribution in [1.82, 2.24) is 9.78 Å². The predicted octanol–water partition coefficient (Wildman–Crippen LogP) is 2.48. The van der Waals surface area contributed by atoms with Crippen molar-refractivity contribution in [2.24, 2.45) is 0 Å². The number of esters is 1. The number of rotatable bonds is 4. The molecule has 0 amide bonds. The van der Waals surface area contributed by atoms with E-state index in [4.69, 9.17) is 22.1 Å². The summed E-state index contributed by atoms with van der Waals surface area (Å²) in [6.07, 6.45) is 1.45. The van der Waals surface area contributed by atoms with Crippen LogP contribution in [0.5, 0.6) is 0 Å². The molecule has 0 saturated carbocycles. The van der Waals surface area contributed by atoms with Crippen molar-refractivity contribution in [3.63, 3.8) is 0 Å². The molecule has 0 unspecified atom stereocenters. The van der Waals surface area contributed by atoms with Gasteiger partial charge in [-0.15, -0.1) is 0 Å². The molecular weight excluding hydrogens is 285 g/mol. The van der Waals surface area contributed by atoms with Crippen LogP contribution in [0.2, 0.25) is 5.02 Å². The normalized spacial score (nSPS) is 10.6. The fraction of sp³-hybridized carbons (Fsp3) is 0.231. The molecule has 0 saturated heterocycles. The van der Waals surface area contributed by atoms with Gasteiger partial charge in [0.2, 0.25) is 0 Å². The first-order chi connectivity index (χ1) is 9.52. The third-order valence-corrected chi connectivity index (χ3v) is 2.91. The van der Waals surface area contributed by atoms with Gasteiger partial charge in [0.05, 0.1) is 23.9 Å². The van der Waals surface area contributed by atoms with Crippen molar-refractivity contribution in [2.75, 3.05) is 12.3 Å². The van der Waals surface area contributed by atoms with Gasteiger partial charge in [0, 0.05) is 11.8 Å². The fourth-order valence-electron chi connectivity index (χ4n) is 1.72. The van der Waals surface area contributed by atoms with Crippen molar-refractivity contribution < 1.29 is 13.9 Å².